The zero-order valence-corrected chi connectivity index (χ0v) is 11.9. The molecule has 0 aliphatic heterocycles. The van der Waals surface area contributed by atoms with Crippen LogP contribution in [0.5, 0.6) is 0 Å². The monoisotopic (exact) mass is 244 g/mol. The summed E-state index contributed by atoms with van der Waals surface area (Å²) in [5, 5.41) is 0. The minimum absolute atomic E-state index is 0.0910. The Balaban J connectivity index is 4.41. The van der Waals surface area contributed by atoms with Gasteiger partial charge < -0.3 is 4.90 Å². The smallest absolute Gasteiger partial charge is 0.251 e. The van der Waals surface area contributed by atoms with Crippen LogP contribution in [-0.2, 0) is 4.79 Å². The maximum atomic E-state index is 11.8. The number of hydrogen-bond donors (Lipinski definition) is 2. The third-order valence-corrected chi connectivity index (χ3v) is 2.89. The lowest BCUT2D eigenvalue weighted by molar-refractivity contribution is -0.128. The molecule has 0 fully saturated rings. The molecule has 0 spiro atoms. The highest BCUT2D eigenvalue weighted by Gasteiger charge is 2.26. The highest BCUT2D eigenvalue weighted by Crippen LogP contribution is 2.11. The zero-order valence-electron chi connectivity index (χ0n) is 11.9. The quantitative estimate of drug-likeness (QED) is 0.366. The van der Waals surface area contributed by atoms with Gasteiger partial charge in [-0.05, 0) is 39.5 Å². The van der Waals surface area contributed by atoms with Gasteiger partial charge in [0.05, 0.1) is 6.04 Å². The van der Waals surface area contributed by atoms with E-state index in [9.17, 15) is 4.79 Å². The molecule has 1 unspecified atom stereocenters. The van der Waals surface area contributed by atoms with E-state index in [1.807, 2.05) is 0 Å². The summed E-state index contributed by atoms with van der Waals surface area (Å²) in [7, 11) is 4.12. The number of rotatable bonds is 8. The van der Waals surface area contributed by atoms with Crippen molar-refractivity contribution in [3.8, 4) is 0 Å². The molecule has 1 atom stereocenters. The summed E-state index contributed by atoms with van der Waals surface area (Å²) < 4.78 is 0. The fourth-order valence-electron chi connectivity index (χ4n) is 2.06. The first-order valence-corrected chi connectivity index (χ1v) is 6.33. The van der Waals surface area contributed by atoms with Crippen molar-refractivity contribution in [1.29, 1.82) is 0 Å². The molecule has 17 heavy (non-hydrogen) atoms. The van der Waals surface area contributed by atoms with Crippen LogP contribution in [0.3, 0.4) is 0 Å². The Morgan fingerprint density at radius 1 is 1.29 bits per heavy atom. The van der Waals surface area contributed by atoms with Crippen LogP contribution >= 0.6 is 0 Å². The fourth-order valence-corrected chi connectivity index (χ4v) is 2.06. The van der Waals surface area contributed by atoms with E-state index in [0.717, 1.165) is 26.1 Å². The number of carbonyl (C=O) groups excluding carboxylic acids is 1. The number of hydrazine groups is 1. The second kappa shape index (κ2) is 8.44. The molecule has 0 aliphatic rings. The van der Waals surface area contributed by atoms with Gasteiger partial charge in [0.1, 0.15) is 0 Å². The molecule has 0 aromatic heterocycles. The van der Waals surface area contributed by atoms with Crippen LogP contribution in [0.4, 0.5) is 0 Å². The van der Waals surface area contributed by atoms with Crippen molar-refractivity contribution in [2.24, 2.45) is 11.8 Å². The number of nitrogens with zero attached hydrogens (tertiary/aromatic N) is 2. The standard InChI is InChI=1S/C12H28N4O/c1-6-16(9-7-8-15(4)5)11(10(2)3)12(17)14-13/h10-11H,6-9,13H2,1-5H3,(H,14,17). The van der Waals surface area contributed by atoms with Crippen molar-refractivity contribution in [3.63, 3.8) is 0 Å². The Kier molecular flexibility index (Phi) is 8.12. The maximum Gasteiger partial charge on any atom is 0.251 e. The Labute approximate surface area is 105 Å². The van der Waals surface area contributed by atoms with Gasteiger partial charge in [0.2, 0.25) is 0 Å². The molecule has 1 amide bonds. The van der Waals surface area contributed by atoms with E-state index < -0.39 is 0 Å². The predicted octanol–water partition coefficient (Wildman–Crippen LogP) is 0.275. The summed E-state index contributed by atoms with van der Waals surface area (Å²) in [6.45, 7) is 9.00. The lowest BCUT2D eigenvalue weighted by Crippen LogP contribution is -2.52. The van der Waals surface area contributed by atoms with Crippen molar-refractivity contribution < 1.29 is 4.79 Å². The maximum absolute atomic E-state index is 11.8. The van der Waals surface area contributed by atoms with Crippen molar-refractivity contribution in [1.82, 2.24) is 15.2 Å². The van der Waals surface area contributed by atoms with E-state index in [1.165, 1.54) is 0 Å². The molecule has 0 radical (unpaired) electrons. The Morgan fingerprint density at radius 3 is 2.24 bits per heavy atom. The van der Waals surface area contributed by atoms with Crippen LogP contribution in [-0.4, -0.2) is 55.5 Å². The first-order valence-electron chi connectivity index (χ1n) is 6.33. The van der Waals surface area contributed by atoms with Crippen molar-refractivity contribution in [3.05, 3.63) is 0 Å². The lowest BCUT2D eigenvalue weighted by atomic mass is 10.0. The van der Waals surface area contributed by atoms with E-state index in [4.69, 9.17) is 5.84 Å². The Hall–Kier alpha value is -0.650. The summed E-state index contributed by atoms with van der Waals surface area (Å²) in [5.74, 6) is 5.42. The normalized spacial score (nSPS) is 13.5. The molecule has 102 valence electrons. The van der Waals surface area contributed by atoms with Gasteiger partial charge in [-0.15, -0.1) is 0 Å². The number of likely N-dealkylation sites (N-methyl/N-ethyl adjacent to an activating group) is 1. The van der Waals surface area contributed by atoms with Crippen molar-refractivity contribution >= 4 is 5.91 Å². The largest absolute Gasteiger partial charge is 0.309 e. The van der Waals surface area contributed by atoms with Gasteiger partial charge in [0, 0.05) is 6.54 Å². The fraction of sp³-hybridized carbons (Fsp3) is 0.917. The van der Waals surface area contributed by atoms with Gasteiger partial charge in [-0.1, -0.05) is 20.8 Å². The molecular weight excluding hydrogens is 216 g/mol. The number of amides is 1. The van der Waals surface area contributed by atoms with Crippen LogP contribution in [0.2, 0.25) is 0 Å². The minimum atomic E-state index is -0.132. The van der Waals surface area contributed by atoms with Gasteiger partial charge in [0.25, 0.3) is 5.91 Å². The number of nitrogens with two attached hydrogens (primary N) is 1. The summed E-state index contributed by atoms with van der Waals surface area (Å²) in [5.41, 5.74) is 2.27. The summed E-state index contributed by atoms with van der Waals surface area (Å²) in [6.07, 6.45) is 1.06. The average Bonchev–Trinajstić information content (AvgIpc) is 2.26. The van der Waals surface area contributed by atoms with E-state index in [2.05, 4.69) is 50.1 Å². The third-order valence-electron chi connectivity index (χ3n) is 2.89. The van der Waals surface area contributed by atoms with Gasteiger partial charge >= 0.3 is 0 Å². The van der Waals surface area contributed by atoms with E-state index in [0.29, 0.717) is 0 Å². The van der Waals surface area contributed by atoms with Crippen LogP contribution in [0.15, 0.2) is 0 Å². The van der Waals surface area contributed by atoms with Crippen molar-refractivity contribution in [2.75, 3.05) is 33.7 Å². The molecule has 0 aromatic carbocycles. The van der Waals surface area contributed by atoms with Crippen LogP contribution in [0, 0.1) is 5.92 Å². The molecule has 5 heteroatoms. The van der Waals surface area contributed by atoms with Gasteiger partial charge in [0.15, 0.2) is 0 Å². The second-order valence-corrected chi connectivity index (χ2v) is 4.98. The first-order chi connectivity index (χ1) is 7.93. The van der Waals surface area contributed by atoms with E-state index in [1.54, 1.807) is 0 Å². The first kappa shape index (κ1) is 16.4. The topological polar surface area (TPSA) is 61.6 Å². The van der Waals surface area contributed by atoms with Crippen LogP contribution in [0.1, 0.15) is 27.2 Å². The second-order valence-electron chi connectivity index (χ2n) is 4.98. The molecule has 0 heterocycles. The highest BCUT2D eigenvalue weighted by molar-refractivity contribution is 5.81. The number of hydrogen-bond acceptors (Lipinski definition) is 4. The molecule has 0 aromatic rings. The SMILES string of the molecule is CCN(CCCN(C)C)C(C(=O)NN)C(C)C. The zero-order chi connectivity index (χ0) is 13.4. The molecule has 0 saturated heterocycles. The van der Waals surface area contributed by atoms with Crippen LogP contribution in [0.25, 0.3) is 0 Å². The summed E-state index contributed by atoms with van der Waals surface area (Å²) >= 11 is 0. The molecule has 0 saturated carbocycles. The molecule has 0 rings (SSSR count). The molecule has 5 nitrogen and oxygen atoms in total. The predicted molar refractivity (Wildman–Crippen MR) is 71.4 cm³/mol. The average molecular weight is 244 g/mol. The Morgan fingerprint density at radius 2 is 1.88 bits per heavy atom. The summed E-state index contributed by atoms with van der Waals surface area (Å²) in [6, 6.07) is -0.132. The minimum Gasteiger partial charge on any atom is -0.309 e. The Bertz CT molecular complexity index is 219. The third kappa shape index (κ3) is 6.00. The van der Waals surface area contributed by atoms with Crippen molar-refractivity contribution in [2.45, 2.75) is 33.2 Å². The number of nitrogens with one attached hydrogen (secondary N) is 1. The summed E-state index contributed by atoms with van der Waals surface area (Å²) in [4.78, 5) is 16.1. The molecule has 0 bridgehead atoms. The lowest BCUT2D eigenvalue weighted by Gasteiger charge is -2.32. The molecule has 0 aliphatic carbocycles. The molecule has 3 N–H and O–H groups in total. The molecular formula is C12H28N4O. The van der Waals surface area contributed by atoms with Gasteiger partial charge in [-0.25, -0.2) is 5.84 Å². The van der Waals surface area contributed by atoms with Gasteiger partial charge in [-0.3, -0.25) is 15.1 Å². The highest BCUT2D eigenvalue weighted by atomic mass is 16.2. The van der Waals surface area contributed by atoms with E-state index >= 15 is 0 Å². The van der Waals surface area contributed by atoms with Gasteiger partial charge in [-0.2, -0.15) is 0 Å². The number of carbonyl (C=O) groups is 1. The van der Waals surface area contributed by atoms with Crippen LogP contribution < -0.4 is 11.3 Å². The van der Waals surface area contributed by atoms with E-state index in [-0.39, 0.29) is 17.9 Å².